The Hall–Kier alpha value is -0.800. The van der Waals surface area contributed by atoms with Gasteiger partial charge in [0.1, 0.15) is 12.4 Å². The van der Waals surface area contributed by atoms with Gasteiger partial charge in [-0.15, -0.1) is 0 Å². The Morgan fingerprint density at radius 2 is 2.29 bits per heavy atom. The molecule has 0 spiro atoms. The minimum atomic E-state index is 0.248. The minimum absolute atomic E-state index is 0.248. The molecule has 1 rings (SSSR count). The van der Waals surface area contributed by atoms with Gasteiger partial charge in [0.25, 0.3) is 0 Å². The Kier molecular flexibility index (Phi) is 4.70. The molecule has 0 fully saturated rings. The molecule has 0 aromatic carbocycles. The summed E-state index contributed by atoms with van der Waals surface area (Å²) in [4.78, 5) is 0. The van der Waals surface area contributed by atoms with Gasteiger partial charge in [-0.3, -0.25) is 0 Å². The summed E-state index contributed by atoms with van der Waals surface area (Å²) >= 11 is 0. The first kappa shape index (κ1) is 11.3. The lowest BCUT2D eigenvalue weighted by atomic mass is 10.3. The summed E-state index contributed by atoms with van der Waals surface area (Å²) < 4.78 is 10.8. The molecule has 0 amide bonds. The topological polar surface area (TPSA) is 34.4 Å². The zero-order valence-electron chi connectivity index (χ0n) is 9.17. The zero-order valence-corrected chi connectivity index (χ0v) is 9.17. The number of ether oxygens (including phenoxy) is 1. The third-order valence-electron chi connectivity index (χ3n) is 1.85. The van der Waals surface area contributed by atoms with E-state index < -0.39 is 0 Å². The molecule has 0 atom stereocenters. The summed E-state index contributed by atoms with van der Waals surface area (Å²) in [5.41, 5.74) is 1.18. The van der Waals surface area contributed by atoms with Gasteiger partial charge in [-0.25, -0.2) is 0 Å². The van der Waals surface area contributed by atoms with Crippen LogP contribution in [0, 0.1) is 0 Å². The van der Waals surface area contributed by atoms with Crippen molar-refractivity contribution in [3.63, 3.8) is 0 Å². The first-order valence-corrected chi connectivity index (χ1v) is 5.11. The number of rotatable bonds is 6. The highest BCUT2D eigenvalue weighted by Crippen LogP contribution is 2.09. The second-order valence-corrected chi connectivity index (χ2v) is 3.56. The molecule has 3 heteroatoms. The van der Waals surface area contributed by atoms with Gasteiger partial charge in [-0.05, 0) is 26.5 Å². The fraction of sp³-hybridized carbons (Fsp3) is 0.636. The van der Waals surface area contributed by atoms with Crippen molar-refractivity contribution in [1.82, 2.24) is 5.32 Å². The molecule has 0 bridgehead atoms. The van der Waals surface area contributed by atoms with E-state index >= 15 is 0 Å². The lowest BCUT2D eigenvalue weighted by Gasteiger charge is -2.03. The van der Waals surface area contributed by atoms with Crippen LogP contribution in [0.15, 0.2) is 16.7 Å². The quantitative estimate of drug-likeness (QED) is 0.760. The summed E-state index contributed by atoms with van der Waals surface area (Å²) in [7, 11) is 0. The summed E-state index contributed by atoms with van der Waals surface area (Å²) in [6.45, 7) is 8.52. The smallest absolute Gasteiger partial charge is 0.129 e. The van der Waals surface area contributed by atoms with E-state index in [0.29, 0.717) is 6.61 Å². The van der Waals surface area contributed by atoms with Crippen molar-refractivity contribution in [1.29, 1.82) is 0 Å². The highest BCUT2D eigenvalue weighted by molar-refractivity contribution is 5.11. The average molecular weight is 197 g/mol. The van der Waals surface area contributed by atoms with Crippen LogP contribution < -0.4 is 5.32 Å². The van der Waals surface area contributed by atoms with E-state index in [9.17, 15) is 0 Å². The molecular formula is C11H19NO2. The lowest BCUT2D eigenvalue weighted by molar-refractivity contribution is 0.0545. The van der Waals surface area contributed by atoms with Crippen molar-refractivity contribution in [2.45, 2.75) is 40.0 Å². The summed E-state index contributed by atoms with van der Waals surface area (Å²) in [5.74, 6) is 0.895. The first-order valence-electron chi connectivity index (χ1n) is 5.11. The molecule has 14 heavy (non-hydrogen) atoms. The molecule has 0 aliphatic carbocycles. The van der Waals surface area contributed by atoms with Crippen LogP contribution in [0.3, 0.4) is 0 Å². The number of furan rings is 1. The van der Waals surface area contributed by atoms with Gasteiger partial charge in [0.2, 0.25) is 0 Å². The third kappa shape index (κ3) is 3.94. The predicted molar refractivity (Wildman–Crippen MR) is 56.0 cm³/mol. The van der Waals surface area contributed by atoms with Crippen LogP contribution in [0.1, 0.15) is 32.1 Å². The second kappa shape index (κ2) is 5.83. The van der Waals surface area contributed by atoms with Gasteiger partial charge < -0.3 is 14.5 Å². The van der Waals surface area contributed by atoms with Crippen molar-refractivity contribution in [3.05, 3.63) is 23.7 Å². The molecule has 80 valence electrons. The van der Waals surface area contributed by atoms with Crippen LogP contribution in [-0.2, 0) is 17.9 Å². The van der Waals surface area contributed by atoms with E-state index in [-0.39, 0.29) is 6.10 Å². The molecule has 3 nitrogen and oxygen atoms in total. The molecule has 0 aliphatic rings. The maximum absolute atomic E-state index is 5.43. The summed E-state index contributed by atoms with van der Waals surface area (Å²) in [5, 5.41) is 3.24. The van der Waals surface area contributed by atoms with Crippen LogP contribution in [-0.4, -0.2) is 12.6 Å². The van der Waals surface area contributed by atoms with Gasteiger partial charge in [0, 0.05) is 12.1 Å². The fourth-order valence-corrected chi connectivity index (χ4v) is 1.11. The van der Waals surface area contributed by atoms with Crippen molar-refractivity contribution in [2.75, 3.05) is 6.54 Å². The largest absolute Gasteiger partial charge is 0.467 e. The highest BCUT2D eigenvalue weighted by Gasteiger charge is 2.02. The SMILES string of the molecule is CCNCc1coc(COC(C)C)c1. The van der Waals surface area contributed by atoms with Gasteiger partial charge in [-0.1, -0.05) is 6.92 Å². The maximum atomic E-state index is 5.43. The Morgan fingerprint density at radius 3 is 2.93 bits per heavy atom. The molecule has 0 saturated heterocycles. The first-order chi connectivity index (χ1) is 6.72. The lowest BCUT2D eigenvalue weighted by Crippen LogP contribution is -2.10. The molecular weight excluding hydrogens is 178 g/mol. The second-order valence-electron chi connectivity index (χ2n) is 3.56. The van der Waals surface area contributed by atoms with Crippen LogP contribution in [0.25, 0.3) is 0 Å². The Labute approximate surface area is 85.4 Å². The molecule has 1 aromatic heterocycles. The number of hydrogen-bond donors (Lipinski definition) is 1. The fourth-order valence-electron chi connectivity index (χ4n) is 1.11. The van der Waals surface area contributed by atoms with Crippen molar-refractivity contribution >= 4 is 0 Å². The van der Waals surface area contributed by atoms with Gasteiger partial charge >= 0.3 is 0 Å². The molecule has 1 N–H and O–H groups in total. The molecule has 0 aliphatic heterocycles. The summed E-state index contributed by atoms with van der Waals surface area (Å²) in [6, 6.07) is 2.03. The van der Waals surface area contributed by atoms with Crippen LogP contribution >= 0.6 is 0 Å². The van der Waals surface area contributed by atoms with Gasteiger partial charge in [0.15, 0.2) is 0 Å². The predicted octanol–water partition coefficient (Wildman–Crippen LogP) is 2.31. The van der Waals surface area contributed by atoms with Crippen LogP contribution in [0.2, 0.25) is 0 Å². The minimum Gasteiger partial charge on any atom is -0.467 e. The van der Waals surface area contributed by atoms with E-state index in [1.54, 1.807) is 6.26 Å². The van der Waals surface area contributed by atoms with E-state index in [1.807, 2.05) is 19.9 Å². The van der Waals surface area contributed by atoms with Crippen LogP contribution in [0.5, 0.6) is 0 Å². The van der Waals surface area contributed by atoms with Crippen LogP contribution in [0.4, 0.5) is 0 Å². The van der Waals surface area contributed by atoms with E-state index in [1.165, 1.54) is 5.56 Å². The monoisotopic (exact) mass is 197 g/mol. The number of hydrogen-bond acceptors (Lipinski definition) is 3. The summed E-state index contributed by atoms with van der Waals surface area (Å²) in [6.07, 6.45) is 2.03. The van der Waals surface area contributed by atoms with Crippen molar-refractivity contribution in [3.8, 4) is 0 Å². The maximum Gasteiger partial charge on any atom is 0.129 e. The Balaban J connectivity index is 2.35. The van der Waals surface area contributed by atoms with E-state index in [4.69, 9.17) is 9.15 Å². The Bertz CT molecular complexity index is 256. The van der Waals surface area contributed by atoms with E-state index in [0.717, 1.165) is 18.8 Å². The average Bonchev–Trinajstić information content (AvgIpc) is 2.59. The Morgan fingerprint density at radius 1 is 1.50 bits per heavy atom. The molecule has 0 saturated carbocycles. The highest BCUT2D eigenvalue weighted by atomic mass is 16.5. The molecule has 1 heterocycles. The third-order valence-corrected chi connectivity index (χ3v) is 1.85. The zero-order chi connectivity index (χ0) is 10.4. The van der Waals surface area contributed by atoms with Gasteiger partial charge in [0.05, 0.1) is 12.4 Å². The van der Waals surface area contributed by atoms with Gasteiger partial charge in [-0.2, -0.15) is 0 Å². The normalized spacial score (nSPS) is 11.1. The van der Waals surface area contributed by atoms with Crippen molar-refractivity contribution < 1.29 is 9.15 Å². The molecule has 1 aromatic rings. The van der Waals surface area contributed by atoms with E-state index in [2.05, 4.69) is 12.2 Å². The molecule has 0 radical (unpaired) electrons. The standard InChI is InChI=1S/C11H19NO2/c1-4-12-6-10-5-11(14-7-10)8-13-9(2)3/h5,7,9,12H,4,6,8H2,1-3H3. The number of nitrogens with one attached hydrogen (secondary N) is 1. The molecule has 0 unspecified atom stereocenters. The van der Waals surface area contributed by atoms with Crippen molar-refractivity contribution in [2.24, 2.45) is 0 Å².